The minimum atomic E-state index is -0.686. The fourth-order valence-electron chi connectivity index (χ4n) is 4.83. The van der Waals surface area contributed by atoms with Crippen LogP contribution in [0.15, 0.2) is 73.3 Å². The lowest BCUT2D eigenvalue weighted by Gasteiger charge is -2.25. The summed E-state index contributed by atoms with van der Waals surface area (Å²) in [6.45, 7) is 2.77. The molecule has 2 aromatic heterocycles. The smallest absolute Gasteiger partial charge is 0.238 e. The number of nitrogens with zero attached hydrogens (tertiary/aromatic N) is 5. The van der Waals surface area contributed by atoms with E-state index in [4.69, 9.17) is 4.74 Å². The molecule has 1 aliphatic rings. The normalized spacial score (nSPS) is 14.1. The van der Waals surface area contributed by atoms with Gasteiger partial charge in [0.25, 0.3) is 0 Å². The summed E-state index contributed by atoms with van der Waals surface area (Å²) >= 11 is 0. The zero-order valence-electron chi connectivity index (χ0n) is 21.3. The van der Waals surface area contributed by atoms with E-state index in [0.717, 1.165) is 28.2 Å². The standard InChI is InChI=1S/C29H26F2N6O2/c1-35-16-21(15-33-35)19-2-5-28-27(12-19)32-18-37(28)24-11-20(25-4-3-22(30)13-26(25)31)10-23(14-24)34-29(38)17-36-6-8-39-9-7-36/h2-5,10-16,18H,6-9,17H2,1H3,(H,34,38). The average molecular weight is 529 g/mol. The molecule has 1 fully saturated rings. The van der Waals surface area contributed by atoms with Crippen molar-refractivity contribution in [2.24, 2.45) is 7.05 Å². The monoisotopic (exact) mass is 528 g/mol. The second kappa shape index (κ2) is 10.4. The van der Waals surface area contributed by atoms with Gasteiger partial charge in [-0.25, -0.2) is 13.8 Å². The molecule has 1 aliphatic heterocycles. The van der Waals surface area contributed by atoms with Crippen molar-refractivity contribution in [3.8, 4) is 27.9 Å². The summed E-state index contributed by atoms with van der Waals surface area (Å²) in [5.41, 5.74) is 5.48. The van der Waals surface area contributed by atoms with Crippen molar-refractivity contribution in [3.63, 3.8) is 0 Å². The highest BCUT2D eigenvalue weighted by molar-refractivity contribution is 5.94. The number of nitrogens with one attached hydrogen (secondary N) is 1. The number of anilines is 1. The number of carbonyl (C=O) groups is 1. The van der Waals surface area contributed by atoms with Crippen LogP contribution in [0.2, 0.25) is 0 Å². The predicted octanol–water partition coefficient (Wildman–Crippen LogP) is 4.64. The van der Waals surface area contributed by atoms with Crippen LogP contribution >= 0.6 is 0 Å². The Morgan fingerprint density at radius 3 is 2.62 bits per heavy atom. The van der Waals surface area contributed by atoms with E-state index in [0.29, 0.717) is 43.2 Å². The van der Waals surface area contributed by atoms with E-state index in [1.165, 1.54) is 12.1 Å². The molecule has 0 spiro atoms. The van der Waals surface area contributed by atoms with Crippen LogP contribution in [0.3, 0.4) is 0 Å². The molecule has 39 heavy (non-hydrogen) atoms. The van der Waals surface area contributed by atoms with Gasteiger partial charge >= 0.3 is 0 Å². The topological polar surface area (TPSA) is 77.2 Å². The Bertz CT molecular complexity index is 1670. The first-order valence-corrected chi connectivity index (χ1v) is 12.6. The number of aromatic nitrogens is 4. The Hall–Kier alpha value is -4.41. The lowest BCUT2D eigenvalue weighted by atomic mass is 10.0. The van der Waals surface area contributed by atoms with E-state index < -0.39 is 11.6 Å². The van der Waals surface area contributed by atoms with Crippen molar-refractivity contribution in [1.82, 2.24) is 24.2 Å². The molecule has 1 saturated heterocycles. The molecule has 1 N–H and O–H groups in total. The second-order valence-corrected chi connectivity index (χ2v) is 9.55. The third kappa shape index (κ3) is 5.29. The number of carbonyl (C=O) groups excluding carboxylic acids is 1. The Morgan fingerprint density at radius 2 is 1.85 bits per heavy atom. The van der Waals surface area contributed by atoms with Gasteiger partial charge in [-0.2, -0.15) is 5.10 Å². The van der Waals surface area contributed by atoms with Crippen molar-refractivity contribution in [3.05, 3.63) is 85.0 Å². The van der Waals surface area contributed by atoms with E-state index in [1.54, 1.807) is 29.3 Å². The van der Waals surface area contributed by atoms with Crippen molar-refractivity contribution in [2.75, 3.05) is 38.2 Å². The van der Waals surface area contributed by atoms with Crippen LogP contribution in [0.1, 0.15) is 0 Å². The zero-order chi connectivity index (χ0) is 26.9. The number of imidazole rings is 1. The molecule has 0 unspecified atom stereocenters. The van der Waals surface area contributed by atoms with Gasteiger partial charge in [-0.05, 0) is 53.6 Å². The number of benzene rings is 3. The number of aryl methyl sites for hydroxylation is 1. The van der Waals surface area contributed by atoms with E-state index in [-0.39, 0.29) is 18.0 Å². The maximum atomic E-state index is 14.8. The van der Waals surface area contributed by atoms with E-state index in [2.05, 4.69) is 15.4 Å². The van der Waals surface area contributed by atoms with Gasteiger partial charge in [0.2, 0.25) is 5.91 Å². The van der Waals surface area contributed by atoms with E-state index in [9.17, 15) is 13.6 Å². The average Bonchev–Trinajstić information content (AvgIpc) is 3.55. The molecule has 0 atom stereocenters. The van der Waals surface area contributed by atoms with Crippen LogP contribution in [0, 0.1) is 11.6 Å². The van der Waals surface area contributed by atoms with Gasteiger partial charge in [0, 0.05) is 54.9 Å². The summed E-state index contributed by atoms with van der Waals surface area (Å²) in [5, 5.41) is 7.19. The summed E-state index contributed by atoms with van der Waals surface area (Å²) in [5.74, 6) is -1.53. The molecular weight excluding hydrogens is 502 g/mol. The first kappa shape index (κ1) is 24.9. The zero-order valence-corrected chi connectivity index (χ0v) is 21.3. The van der Waals surface area contributed by atoms with Gasteiger partial charge in [0.1, 0.15) is 18.0 Å². The lowest BCUT2D eigenvalue weighted by Crippen LogP contribution is -2.41. The van der Waals surface area contributed by atoms with Crippen LogP contribution in [0.5, 0.6) is 0 Å². The number of hydrogen-bond acceptors (Lipinski definition) is 5. The number of amides is 1. The molecule has 0 aliphatic carbocycles. The van der Waals surface area contributed by atoms with Gasteiger partial charge in [-0.3, -0.25) is 18.9 Å². The van der Waals surface area contributed by atoms with Gasteiger partial charge < -0.3 is 10.1 Å². The lowest BCUT2D eigenvalue weighted by molar-refractivity contribution is -0.118. The predicted molar refractivity (Wildman–Crippen MR) is 145 cm³/mol. The summed E-state index contributed by atoms with van der Waals surface area (Å²) in [4.78, 5) is 19.5. The van der Waals surface area contributed by atoms with Crippen molar-refractivity contribution >= 4 is 22.6 Å². The minimum Gasteiger partial charge on any atom is -0.379 e. The maximum absolute atomic E-state index is 14.8. The highest BCUT2D eigenvalue weighted by Crippen LogP contribution is 2.31. The second-order valence-electron chi connectivity index (χ2n) is 9.55. The summed E-state index contributed by atoms with van der Waals surface area (Å²) in [7, 11) is 1.87. The summed E-state index contributed by atoms with van der Waals surface area (Å²) < 4.78 is 37.4. The number of morpholine rings is 1. The van der Waals surface area contributed by atoms with Crippen LogP contribution < -0.4 is 5.32 Å². The van der Waals surface area contributed by atoms with Gasteiger partial charge in [-0.15, -0.1) is 0 Å². The number of rotatable bonds is 6. The highest BCUT2D eigenvalue weighted by atomic mass is 19.1. The Balaban J connectivity index is 1.38. The van der Waals surface area contributed by atoms with Crippen LogP contribution in [0.4, 0.5) is 14.5 Å². The third-order valence-corrected chi connectivity index (χ3v) is 6.78. The van der Waals surface area contributed by atoms with Crippen molar-refractivity contribution in [1.29, 1.82) is 0 Å². The van der Waals surface area contributed by atoms with Gasteiger partial charge in [-0.1, -0.05) is 6.07 Å². The van der Waals surface area contributed by atoms with Crippen LogP contribution in [-0.4, -0.2) is 63.0 Å². The number of halogens is 2. The first-order chi connectivity index (χ1) is 18.9. The molecule has 3 aromatic carbocycles. The van der Waals surface area contributed by atoms with Crippen LogP contribution in [-0.2, 0) is 16.6 Å². The van der Waals surface area contributed by atoms with Gasteiger partial charge in [0.15, 0.2) is 0 Å². The fraction of sp³-hybridized carbons (Fsp3) is 0.207. The van der Waals surface area contributed by atoms with Crippen molar-refractivity contribution in [2.45, 2.75) is 0 Å². The molecule has 0 radical (unpaired) electrons. The highest BCUT2D eigenvalue weighted by Gasteiger charge is 2.17. The summed E-state index contributed by atoms with van der Waals surface area (Å²) in [6.07, 6.45) is 5.42. The fourth-order valence-corrected chi connectivity index (χ4v) is 4.83. The summed E-state index contributed by atoms with van der Waals surface area (Å²) in [6, 6.07) is 14.7. The number of fused-ring (bicyclic) bond motifs is 1. The third-order valence-electron chi connectivity index (χ3n) is 6.78. The molecule has 198 valence electrons. The van der Waals surface area contributed by atoms with Crippen molar-refractivity contribution < 1.29 is 18.3 Å². The maximum Gasteiger partial charge on any atom is 0.238 e. The Morgan fingerprint density at radius 1 is 1.00 bits per heavy atom. The first-order valence-electron chi connectivity index (χ1n) is 12.6. The van der Waals surface area contributed by atoms with Crippen LogP contribution in [0.25, 0.3) is 39.0 Å². The molecule has 0 saturated carbocycles. The number of hydrogen-bond donors (Lipinski definition) is 1. The molecular formula is C29H26F2N6O2. The molecule has 8 nitrogen and oxygen atoms in total. The Labute approximate surface area is 223 Å². The molecule has 10 heteroatoms. The molecule has 0 bridgehead atoms. The molecule has 5 aromatic rings. The van der Waals surface area contributed by atoms with E-state index >= 15 is 0 Å². The molecule has 6 rings (SSSR count). The van der Waals surface area contributed by atoms with E-state index in [1.807, 2.05) is 47.0 Å². The molecule has 3 heterocycles. The Kier molecular flexibility index (Phi) is 6.64. The molecule has 1 amide bonds. The largest absolute Gasteiger partial charge is 0.379 e. The minimum absolute atomic E-state index is 0.184. The SMILES string of the molecule is Cn1cc(-c2ccc3c(c2)ncn3-c2cc(NC(=O)CN3CCOCC3)cc(-c3ccc(F)cc3F)c2)cn1. The quantitative estimate of drug-likeness (QED) is 0.348. The van der Waals surface area contributed by atoms with Gasteiger partial charge in [0.05, 0.1) is 37.0 Å². The number of ether oxygens (including phenoxy) is 1.